The van der Waals surface area contributed by atoms with Gasteiger partial charge in [-0.15, -0.1) is 0 Å². The smallest absolute Gasteiger partial charge is 0.427 e. The Morgan fingerprint density at radius 2 is 1.74 bits per heavy atom. The van der Waals surface area contributed by atoms with Crippen molar-refractivity contribution in [2.75, 3.05) is 36.2 Å². The number of hydrogen-bond acceptors (Lipinski definition) is 11. The van der Waals surface area contributed by atoms with Crippen LogP contribution in [0.4, 0.5) is 16.3 Å². The van der Waals surface area contributed by atoms with Gasteiger partial charge in [0.1, 0.15) is 11.6 Å². The molecule has 0 saturated heterocycles. The summed E-state index contributed by atoms with van der Waals surface area (Å²) in [7, 11) is -1.75. The Kier molecular flexibility index (Phi) is 13.4. The first-order chi connectivity index (χ1) is 22.4. The van der Waals surface area contributed by atoms with Gasteiger partial charge in [0.15, 0.2) is 0 Å². The topological polar surface area (TPSA) is 194 Å². The molecule has 0 unspecified atom stereocenters. The predicted molar refractivity (Wildman–Crippen MR) is 177 cm³/mol. The lowest BCUT2D eigenvalue weighted by Gasteiger charge is -2.21. The van der Waals surface area contributed by atoms with Crippen molar-refractivity contribution in [1.29, 1.82) is 0 Å². The lowest BCUT2D eigenvalue weighted by molar-refractivity contribution is -0.142. The normalized spacial score (nSPS) is 11.0. The van der Waals surface area contributed by atoms with Gasteiger partial charge in [0, 0.05) is 31.0 Å². The zero-order chi connectivity index (χ0) is 34.4. The van der Waals surface area contributed by atoms with E-state index >= 15 is 0 Å². The number of anilines is 2. The number of nitrogens with one attached hydrogen (secondary N) is 2. The van der Waals surface area contributed by atoms with Gasteiger partial charge >= 0.3 is 12.1 Å². The fourth-order valence-corrected chi connectivity index (χ4v) is 4.16. The van der Waals surface area contributed by atoms with Gasteiger partial charge in [0.2, 0.25) is 0 Å². The van der Waals surface area contributed by atoms with E-state index in [1.54, 1.807) is 50.4 Å². The second kappa shape index (κ2) is 17.4. The van der Waals surface area contributed by atoms with Crippen molar-refractivity contribution in [3.05, 3.63) is 83.8 Å². The molecule has 2 aromatic carbocycles. The van der Waals surface area contributed by atoms with E-state index in [-0.39, 0.29) is 38.1 Å². The van der Waals surface area contributed by atoms with Crippen molar-refractivity contribution >= 4 is 56.8 Å². The largest absolute Gasteiger partial charge is 0.466 e. The van der Waals surface area contributed by atoms with Gasteiger partial charge in [-0.1, -0.05) is 18.2 Å². The number of amides is 2. The van der Waals surface area contributed by atoms with Crippen LogP contribution >= 0.6 is 0 Å². The molecule has 47 heavy (non-hydrogen) atoms. The number of nitrogens with zero attached hydrogens (tertiary/aromatic N) is 5. The van der Waals surface area contributed by atoms with Crippen molar-refractivity contribution in [2.24, 2.45) is 12.1 Å². The van der Waals surface area contributed by atoms with E-state index in [1.807, 2.05) is 41.9 Å². The minimum atomic E-state index is -3.67. The highest BCUT2D eigenvalue weighted by Gasteiger charge is 2.21. The number of pyridine rings is 1. The summed E-state index contributed by atoms with van der Waals surface area (Å²) in [6.07, 6.45) is 3.29. The highest BCUT2D eigenvalue weighted by molar-refractivity contribution is 7.85. The summed E-state index contributed by atoms with van der Waals surface area (Å²) in [6.45, 7) is 4.60. The number of hydrazone groups is 1. The molecule has 0 bridgehead atoms. The summed E-state index contributed by atoms with van der Waals surface area (Å²) in [5.41, 5.74) is 5.95. The third-order valence-electron chi connectivity index (χ3n) is 6.24. The van der Waals surface area contributed by atoms with Crippen LogP contribution in [0.2, 0.25) is 0 Å². The minimum Gasteiger partial charge on any atom is -0.466 e. The van der Waals surface area contributed by atoms with Crippen molar-refractivity contribution in [3.63, 3.8) is 0 Å². The molecule has 0 atom stereocenters. The average molecular weight is 668 g/mol. The number of aromatic nitrogens is 3. The monoisotopic (exact) mass is 667 g/mol. The maximum absolute atomic E-state index is 13.6. The Labute approximate surface area is 272 Å². The molecule has 0 aliphatic heterocycles. The minimum absolute atomic E-state index is 0.0517. The highest BCUT2D eigenvalue weighted by Crippen LogP contribution is 2.21. The van der Waals surface area contributed by atoms with E-state index in [0.717, 1.165) is 22.6 Å². The van der Waals surface area contributed by atoms with Crippen molar-refractivity contribution in [3.8, 4) is 0 Å². The van der Waals surface area contributed by atoms with Crippen LogP contribution in [0.1, 0.15) is 42.0 Å². The lowest BCUT2D eigenvalue weighted by atomic mass is 10.1. The van der Waals surface area contributed by atoms with E-state index in [2.05, 4.69) is 20.8 Å². The molecule has 0 radical (unpaired) electrons. The number of rotatable bonds is 12. The molecule has 15 nitrogen and oxygen atoms in total. The fraction of sp³-hybridized carbons (Fsp3) is 0.290. The van der Waals surface area contributed by atoms with Gasteiger partial charge in [-0.25, -0.2) is 20.2 Å². The molecule has 4 rings (SSSR count). The van der Waals surface area contributed by atoms with Gasteiger partial charge in [0.25, 0.3) is 16.0 Å². The molecule has 0 fully saturated rings. The second-order valence-electron chi connectivity index (χ2n) is 9.79. The maximum Gasteiger partial charge on any atom is 0.427 e. The lowest BCUT2D eigenvalue weighted by Crippen LogP contribution is -2.34. The van der Waals surface area contributed by atoms with Gasteiger partial charge in [-0.3, -0.25) is 19.0 Å². The Balaban J connectivity index is 0.00000111. The Morgan fingerprint density at radius 3 is 2.38 bits per heavy atom. The number of aryl methyl sites for hydroxylation is 1. The Hall–Kier alpha value is -5.35. The van der Waals surface area contributed by atoms with Crippen LogP contribution in [0.5, 0.6) is 0 Å². The number of carbonyl (C=O) groups excluding carboxylic acids is 3. The highest BCUT2D eigenvalue weighted by atomic mass is 32.2. The van der Waals surface area contributed by atoms with Crippen LogP contribution in [0, 0.1) is 0 Å². The van der Waals surface area contributed by atoms with E-state index in [4.69, 9.17) is 19.0 Å². The molecule has 0 saturated carbocycles. The van der Waals surface area contributed by atoms with Crippen LogP contribution in [0.15, 0.2) is 72.0 Å². The zero-order valence-electron chi connectivity index (χ0n) is 26.4. The first kappa shape index (κ1) is 36.1. The number of fused-ring (bicyclic) bond motifs is 1. The third-order valence-corrected chi connectivity index (χ3v) is 6.24. The van der Waals surface area contributed by atoms with Crippen molar-refractivity contribution < 1.29 is 36.8 Å². The van der Waals surface area contributed by atoms with E-state index in [1.165, 1.54) is 11.1 Å². The van der Waals surface area contributed by atoms with E-state index < -0.39 is 16.2 Å². The molecule has 250 valence electrons. The van der Waals surface area contributed by atoms with Gasteiger partial charge < -0.3 is 19.4 Å². The Bertz CT molecular complexity index is 1790. The van der Waals surface area contributed by atoms with Crippen molar-refractivity contribution in [2.45, 2.75) is 26.8 Å². The van der Waals surface area contributed by atoms with Crippen LogP contribution in [0.25, 0.3) is 11.0 Å². The third kappa shape index (κ3) is 11.8. The standard InChI is InChI=1S/C30H33N7O5.CH4O3S/c1-4-41-28(38)15-17-37(26-8-6-7-16-31-26)29(39)22-11-14-25-24(18-22)34-27(36(25)3)20-32-23-12-9-21(10-13-23)19-33-35-30(40)42-5-2;1-5(2,3)4/h6-14,16,18-19,32H,4-5,15,17,20H2,1-3H3,(H,35,40);1H3,(H,2,3,4). The molecular formula is C31H37N7O8S. The molecular weight excluding hydrogens is 630 g/mol. The molecule has 4 aromatic rings. The number of hydrogen-bond donors (Lipinski definition) is 3. The maximum atomic E-state index is 13.6. The first-order valence-electron chi connectivity index (χ1n) is 14.5. The molecule has 2 aromatic heterocycles. The molecule has 16 heteroatoms. The zero-order valence-corrected chi connectivity index (χ0v) is 27.2. The first-order valence-corrected chi connectivity index (χ1v) is 16.3. The van der Waals surface area contributed by atoms with E-state index in [9.17, 15) is 22.8 Å². The second-order valence-corrected chi connectivity index (χ2v) is 11.3. The summed E-state index contributed by atoms with van der Waals surface area (Å²) >= 11 is 0. The van der Waals surface area contributed by atoms with Gasteiger partial charge in [0.05, 0.1) is 49.7 Å². The average Bonchev–Trinajstić information content (AvgIpc) is 3.35. The number of benzene rings is 2. The van der Waals surface area contributed by atoms with Crippen LogP contribution in [0.3, 0.4) is 0 Å². The number of imidazole rings is 1. The number of carbonyl (C=O) groups is 3. The van der Waals surface area contributed by atoms with E-state index in [0.29, 0.717) is 29.7 Å². The summed E-state index contributed by atoms with van der Waals surface area (Å²) in [6, 6.07) is 18.2. The Morgan fingerprint density at radius 1 is 1.04 bits per heavy atom. The predicted octanol–water partition coefficient (Wildman–Crippen LogP) is 3.76. The van der Waals surface area contributed by atoms with Crippen molar-refractivity contribution in [1.82, 2.24) is 20.0 Å². The molecule has 2 amide bonds. The molecule has 0 aliphatic carbocycles. The van der Waals surface area contributed by atoms with Crippen LogP contribution in [-0.4, -0.2) is 77.7 Å². The molecule has 3 N–H and O–H groups in total. The molecule has 0 spiro atoms. The summed E-state index contributed by atoms with van der Waals surface area (Å²) in [4.78, 5) is 47.4. The molecule has 0 aliphatic rings. The fourth-order valence-electron chi connectivity index (χ4n) is 4.16. The molecule has 2 heterocycles. The summed E-state index contributed by atoms with van der Waals surface area (Å²) in [5, 5.41) is 7.21. The van der Waals surface area contributed by atoms with Crippen LogP contribution < -0.4 is 15.6 Å². The summed E-state index contributed by atoms with van der Waals surface area (Å²) in [5.74, 6) is 0.566. The quantitative estimate of drug-likeness (QED) is 0.0862. The van der Waals surface area contributed by atoms with Gasteiger partial charge in [-0.05, 0) is 61.9 Å². The van der Waals surface area contributed by atoms with Crippen LogP contribution in [-0.2, 0) is 38.0 Å². The number of esters is 1. The number of ether oxygens (including phenoxy) is 2. The SMILES string of the molecule is CCOC(=O)CCN(C(=O)c1ccc2c(c1)nc(CNc1ccc(C=NNC(=O)OCC)cc1)n2C)c1ccccn1.CS(=O)(=O)O. The summed E-state index contributed by atoms with van der Waals surface area (Å²) < 4.78 is 37.6. The van der Waals surface area contributed by atoms with Gasteiger partial charge in [-0.2, -0.15) is 13.5 Å².